The van der Waals surface area contributed by atoms with Crippen LogP contribution >= 0.6 is 0 Å². The number of hydrogen-bond donors (Lipinski definition) is 0. The Kier molecular flexibility index (Phi) is 4.63. The highest BCUT2D eigenvalue weighted by Gasteiger charge is 2.32. The quantitative estimate of drug-likeness (QED) is 0.635. The zero-order chi connectivity index (χ0) is 15.6. The minimum Gasteiger partial charge on any atom is -0.258 e. The van der Waals surface area contributed by atoms with Crippen LogP contribution in [0.25, 0.3) is 0 Å². The van der Waals surface area contributed by atoms with Crippen LogP contribution in [0.3, 0.4) is 0 Å². The molecule has 0 unspecified atom stereocenters. The lowest BCUT2D eigenvalue weighted by Crippen LogP contribution is -2.32. The molecule has 1 aliphatic heterocycles. The van der Waals surface area contributed by atoms with Crippen LogP contribution in [0.15, 0.2) is 17.0 Å². The molecule has 0 bridgehead atoms. The molecule has 1 fully saturated rings. The molecule has 0 saturated carbocycles. The van der Waals surface area contributed by atoms with Crippen molar-refractivity contribution in [1.29, 1.82) is 0 Å². The smallest absolute Gasteiger partial charge is 0.258 e. The largest absolute Gasteiger partial charge is 0.289 e. The zero-order valence-corrected chi connectivity index (χ0v) is 13.1. The van der Waals surface area contributed by atoms with Gasteiger partial charge >= 0.3 is 0 Å². The van der Waals surface area contributed by atoms with Crippen LogP contribution in [0.1, 0.15) is 36.8 Å². The van der Waals surface area contributed by atoms with Gasteiger partial charge in [-0.25, -0.2) is 8.42 Å². The Bertz CT molecular complexity index is 647. The number of hydrogen-bond acceptors (Lipinski definition) is 4. The van der Waals surface area contributed by atoms with E-state index in [1.807, 2.05) is 0 Å². The topological polar surface area (TPSA) is 80.5 Å². The number of aryl methyl sites for hydroxylation is 2. The van der Waals surface area contributed by atoms with Gasteiger partial charge in [0.2, 0.25) is 10.0 Å². The van der Waals surface area contributed by atoms with E-state index in [0.717, 1.165) is 36.8 Å². The first-order valence-electron chi connectivity index (χ1n) is 7.10. The lowest BCUT2D eigenvalue weighted by Gasteiger charge is -2.20. The van der Waals surface area contributed by atoms with E-state index in [2.05, 4.69) is 0 Å². The van der Waals surface area contributed by atoms with E-state index in [1.54, 1.807) is 13.8 Å². The van der Waals surface area contributed by atoms with E-state index in [-0.39, 0.29) is 10.6 Å². The highest BCUT2D eigenvalue weighted by Crippen LogP contribution is 2.30. The third-order valence-corrected chi connectivity index (χ3v) is 5.88. The van der Waals surface area contributed by atoms with E-state index in [0.29, 0.717) is 13.1 Å². The molecule has 1 aromatic rings. The Morgan fingerprint density at radius 3 is 2.10 bits per heavy atom. The molecule has 0 atom stereocenters. The van der Waals surface area contributed by atoms with Crippen molar-refractivity contribution < 1.29 is 13.3 Å². The van der Waals surface area contributed by atoms with Crippen LogP contribution in [0, 0.1) is 24.0 Å². The monoisotopic (exact) mass is 312 g/mol. The van der Waals surface area contributed by atoms with E-state index < -0.39 is 14.9 Å². The summed E-state index contributed by atoms with van der Waals surface area (Å²) in [6, 6.07) is 2.77. The maximum Gasteiger partial charge on any atom is 0.289 e. The molecule has 0 amide bonds. The number of nitrogens with zero attached hydrogens (tertiary/aromatic N) is 2. The molecule has 0 spiro atoms. The van der Waals surface area contributed by atoms with Crippen molar-refractivity contribution in [3.05, 3.63) is 33.4 Å². The van der Waals surface area contributed by atoms with Crippen LogP contribution in [0.2, 0.25) is 0 Å². The van der Waals surface area contributed by atoms with E-state index in [4.69, 9.17) is 0 Å². The predicted octanol–water partition coefficient (Wildman–Crippen LogP) is 2.78. The summed E-state index contributed by atoms with van der Waals surface area (Å²) >= 11 is 0. The summed E-state index contributed by atoms with van der Waals surface area (Å²) in [7, 11) is -3.81. The first-order valence-corrected chi connectivity index (χ1v) is 8.54. The standard InChI is InChI=1S/C14H20N2O4S/c1-11-9-13(16(17)18)14(10-12(11)2)21(19,20)15-7-5-3-4-6-8-15/h9-10H,3-8H2,1-2H3. The molecule has 1 saturated heterocycles. The van der Waals surface area contributed by atoms with E-state index >= 15 is 0 Å². The van der Waals surface area contributed by atoms with E-state index in [1.165, 1.54) is 16.4 Å². The highest BCUT2D eigenvalue weighted by molar-refractivity contribution is 7.89. The molecule has 6 nitrogen and oxygen atoms in total. The Hall–Kier alpha value is -1.47. The summed E-state index contributed by atoms with van der Waals surface area (Å²) in [6.07, 6.45) is 3.61. The maximum atomic E-state index is 12.8. The first kappa shape index (κ1) is 15.9. The lowest BCUT2D eigenvalue weighted by molar-refractivity contribution is -0.387. The molecule has 0 radical (unpaired) electrons. The summed E-state index contributed by atoms with van der Waals surface area (Å²) in [4.78, 5) is 10.4. The Balaban J connectivity index is 2.52. The minimum absolute atomic E-state index is 0.183. The zero-order valence-electron chi connectivity index (χ0n) is 12.3. The van der Waals surface area contributed by atoms with Gasteiger partial charge < -0.3 is 0 Å². The molecule has 1 heterocycles. The maximum absolute atomic E-state index is 12.8. The summed E-state index contributed by atoms with van der Waals surface area (Å²) in [5.74, 6) is 0. The average molecular weight is 312 g/mol. The van der Waals surface area contributed by atoms with Gasteiger partial charge in [-0.1, -0.05) is 12.8 Å². The lowest BCUT2D eigenvalue weighted by atomic mass is 10.1. The fraction of sp³-hybridized carbons (Fsp3) is 0.571. The van der Waals surface area contributed by atoms with Gasteiger partial charge in [0.1, 0.15) is 0 Å². The highest BCUT2D eigenvalue weighted by atomic mass is 32.2. The first-order chi connectivity index (χ1) is 9.84. The Labute approximate surface area is 125 Å². The summed E-state index contributed by atoms with van der Waals surface area (Å²) in [5, 5.41) is 11.2. The van der Waals surface area contributed by atoms with Crippen LogP contribution in [0.4, 0.5) is 5.69 Å². The van der Waals surface area contributed by atoms with Crippen LogP contribution in [-0.2, 0) is 10.0 Å². The van der Waals surface area contributed by atoms with Crippen molar-refractivity contribution in [2.24, 2.45) is 0 Å². The molecular formula is C14H20N2O4S. The number of sulfonamides is 1. The molecular weight excluding hydrogens is 292 g/mol. The molecule has 0 aliphatic carbocycles. The van der Waals surface area contributed by atoms with E-state index in [9.17, 15) is 18.5 Å². The molecule has 0 aromatic heterocycles. The molecule has 116 valence electrons. The Morgan fingerprint density at radius 1 is 1.05 bits per heavy atom. The number of nitro benzene ring substituents is 1. The van der Waals surface area contributed by atoms with Crippen molar-refractivity contribution >= 4 is 15.7 Å². The predicted molar refractivity (Wildman–Crippen MR) is 79.8 cm³/mol. The van der Waals surface area contributed by atoms with Crippen LogP contribution in [0.5, 0.6) is 0 Å². The van der Waals surface area contributed by atoms with Gasteiger partial charge in [0.15, 0.2) is 4.90 Å². The SMILES string of the molecule is Cc1cc([N+](=O)[O-])c(S(=O)(=O)N2CCCCCC2)cc1C. The summed E-state index contributed by atoms with van der Waals surface area (Å²) in [6.45, 7) is 4.38. The molecule has 21 heavy (non-hydrogen) atoms. The molecule has 0 N–H and O–H groups in total. The second-order valence-electron chi connectivity index (χ2n) is 5.48. The van der Waals surface area contributed by atoms with Gasteiger partial charge in [-0.2, -0.15) is 4.31 Å². The summed E-state index contributed by atoms with van der Waals surface area (Å²) < 4.78 is 26.9. The summed E-state index contributed by atoms with van der Waals surface area (Å²) in [5.41, 5.74) is 1.13. The molecule has 1 aliphatic rings. The van der Waals surface area contributed by atoms with Crippen molar-refractivity contribution in [3.8, 4) is 0 Å². The number of rotatable bonds is 3. The molecule has 7 heteroatoms. The fourth-order valence-corrected chi connectivity index (χ4v) is 4.29. The van der Waals surface area contributed by atoms with Crippen molar-refractivity contribution in [2.45, 2.75) is 44.4 Å². The van der Waals surface area contributed by atoms with Gasteiger partial charge in [-0.05, 0) is 43.9 Å². The molecule has 2 rings (SSSR count). The third-order valence-electron chi connectivity index (χ3n) is 3.95. The van der Waals surface area contributed by atoms with Crippen molar-refractivity contribution in [3.63, 3.8) is 0 Å². The molecule has 1 aromatic carbocycles. The second kappa shape index (κ2) is 6.11. The van der Waals surface area contributed by atoms with Crippen molar-refractivity contribution in [2.75, 3.05) is 13.1 Å². The van der Waals surface area contributed by atoms with Crippen LogP contribution < -0.4 is 0 Å². The third kappa shape index (κ3) is 3.24. The fourth-order valence-electron chi connectivity index (χ4n) is 2.54. The second-order valence-corrected chi connectivity index (χ2v) is 7.39. The Morgan fingerprint density at radius 2 is 1.57 bits per heavy atom. The minimum atomic E-state index is -3.81. The van der Waals surface area contributed by atoms with Gasteiger partial charge in [-0.3, -0.25) is 10.1 Å². The van der Waals surface area contributed by atoms with Gasteiger partial charge in [-0.15, -0.1) is 0 Å². The van der Waals surface area contributed by atoms with Gasteiger partial charge in [0.05, 0.1) is 4.92 Å². The van der Waals surface area contributed by atoms with Gasteiger partial charge in [0.25, 0.3) is 5.69 Å². The van der Waals surface area contributed by atoms with Crippen molar-refractivity contribution in [1.82, 2.24) is 4.31 Å². The number of nitro groups is 1. The van der Waals surface area contributed by atoms with Crippen LogP contribution in [-0.4, -0.2) is 30.7 Å². The average Bonchev–Trinajstić information content (AvgIpc) is 2.70. The normalized spacial score (nSPS) is 17.4. The number of benzene rings is 1. The van der Waals surface area contributed by atoms with Gasteiger partial charge in [0, 0.05) is 19.2 Å².